The first kappa shape index (κ1) is 19.8. The highest BCUT2D eigenvalue weighted by molar-refractivity contribution is 7.17. The number of thiazole rings is 1. The van der Waals surface area contributed by atoms with Crippen molar-refractivity contribution >= 4 is 28.7 Å². The number of nitrogens with zero attached hydrogens (tertiary/aromatic N) is 3. The molecule has 9 heteroatoms. The number of carbonyl (C=O) groups is 1. The van der Waals surface area contributed by atoms with Crippen molar-refractivity contribution in [3.05, 3.63) is 58.7 Å². The molecular weight excluding hydrogens is 389 g/mol. The van der Waals surface area contributed by atoms with Crippen molar-refractivity contribution in [3.8, 4) is 10.6 Å². The summed E-state index contributed by atoms with van der Waals surface area (Å²) in [5.41, 5.74) is 1.20. The van der Waals surface area contributed by atoms with E-state index in [0.717, 1.165) is 29.2 Å². The average Bonchev–Trinajstić information content (AvgIpc) is 3.03. The van der Waals surface area contributed by atoms with E-state index in [2.05, 4.69) is 15.3 Å². The van der Waals surface area contributed by atoms with Gasteiger partial charge in [-0.25, -0.2) is 9.97 Å². The molecule has 0 aliphatic carbocycles. The summed E-state index contributed by atoms with van der Waals surface area (Å²) >= 11 is 1.12. The van der Waals surface area contributed by atoms with Crippen LogP contribution in [0.1, 0.15) is 20.9 Å². The van der Waals surface area contributed by atoms with Gasteiger partial charge < -0.3 is 10.2 Å². The number of anilines is 2. The van der Waals surface area contributed by atoms with Gasteiger partial charge in [0, 0.05) is 19.7 Å². The normalized spacial score (nSPS) is 11.4. The van der Waals surface area contributed by atoms with Crippen LogP contribution in [0.5, 0.6) is 0 Å². The molecule has 0 unspecified atom stereocenters. The van der Waals surface area contributed by atoms with Gasteiger partial charge >= 0.3 is 6.18 Å². The summed E-state index contributed by atoms with van der Waals surface area (Å²) in [5, 5.41) is 3.19. The summed E-state index contributed by atoms with van der Waals surface area (Å²) in [7, 11) is 3.78. The van der Waals surface area contributed by atoms with Crippen LogP contribution in [0.4, 0.5) is 24.7 Å². The second kappa shape index (κ2) is 7.59. The molecule has 28 heavy (non-hydrogen) atoms. The molecule has 0 radical (unpaired) electrons. The molecule has 0 aliphatic rings. The van der Waals surface area contributed by atoms with Crippen molar-refractivity contribution in [2.75, 3.05) is 24.3 Å². The first-order valence-corrected chi connectivity index (χ1v) is 9.06. The Morgan fingerprint density at radius 1 is 1.11 bits per heavy atom. The Bertz CT molecular complexity index is 980. The quantitative estimate of drug-likeness (QED) is 0.673. The maximum Gasteiger partial charge on any atom is 0.416 e. The number of aromatic nitrogens is 2. The highest BCUT2D eigenvalue weighted by atomic mass is 32.1. The number of halogens is 3. The lowest BCUT2D eigenvalue weighted by Crippen LogP contribution is -2.13. The number of carbonyl (C=O) groups excluding carboxylic acids is 1. The molecule has 5 nitrogen and oxygen atoms in total. The van der Waals surface area contributed by atoms with E-state index in [0.29, 0.717) is 27.0 Å². The first-order valence-electron chi connectivity index (χ1n) is 8.25. The van der Waals surface area contributed by atoms with E-state index in [-0.39, 0.29) is 5.91 Å². The molecule has 1 N–H and O–H groups in total. The van der Waals surface area contributed by atoms with Crippen molar-refractivity contribution in [2.24, 2.45) is 0 Å². The number of alkyl halides is 3. The van der Waals surface area contributed by atoms with E-state index < -0.39 is 11.7 Å². The number of pyridine rings is 1. The molecule has 0 saturated heterocycles. The van der Waals surface area contributed by atoms with Crippen molar-refractivity contribution in [1.82, 2.24) is 9.97 Å². The highest BCUT2D eigenvalue weighted by Crippen LogP contribution is 2.33. The molecule has 0 bridgehead atoms. The number of nitrogens with one attached hydrogen (secondary N) is 1. The topological polar surface area (TPSA) is 58.1 Å². The molecule has 0 fully saturated rings. The highest BCUT2D eigenvalue weighted by Gasteiger charge is 2.30. The largest absolute Gasteiger partial charge is 0.416 e. The zero-order chi connectivity index (χ0) is 20.5. The fourth-order valence-corrected chi connectivity index (χ4v) is 3.40. The first-order chi connectivity index (χ1) is 13.1. The minimum absolute atomic E-state index is 0.363. The van der Waals surface area contributed by atoms with Crippen molar-refractivity contribution < 1.29 is 18.0 Å². The van der Waals surface area contributed by atoms with Gasteiger partial charge in [0.15, 0.2) is 0 Å². The van der Waals surface area contributed by atoms with Crippen molar-refractivity contribution in [2.45, 2.75) is 13.1 Å². The maximum absolute atomic E-state index is 12.7. The van der Waals surface area contributed by atoms with Crippen LogP contribution in [-0.2, 0) is 6.18 Å². The Balaban J connectivity index is 1.78. The molecular formula is C19H17F3N4OS. The van der Waals surface area contributed by atoms with E-state index in [4.69, 9.17) is 0 Å². The number of hydrogen-bond donors (Lipinski definition) is 1. The minimum atomic E-state index is -4.39. The predicted octanol–water partition coefficient (Wildman–Crippen LogP) is 4.85. The minimum Gasteiger partial charge on any atom is -0.376 e. The van der Waals surface area contributed by atoms with Gasteiger partial charge in [-0.2, -0.15) is 13.2 Å². The molecule has 0 aliphatic heterocycles. The molecule has 146 valence electrons. The SMILES string of the molecule is Cc1nc(-c2ccc(C(F)(F)F)cc2)sc1C(=O)Nc1ccc(N(C)C)cn1. The van der Waals surface area contributed by atoms with Gasteiger partial charge in [-0.3, -0.25) is 4.79 Å². The number of rotatable bonds is 4. The number of amides is 1. The average molecular weight is 406 g/mol. The Kier molecular flexibility index (Phi) is 5.37. The van der Waals surface area contributed by atoms with Gasteiger partial charge in [-0.1, -0.05) is 12.1 Å². The molecule has 0 spiro atoms. The van der Waals surface area contributed by atoms with Crippen LogP contribution >= 0.6 is 11.3 Å². The second-order valence-electron chi connectivity index (χ2n) is 6.26. The van der Waals surface area contributed by atoms with Gasteiger partial charge in [-0.15, -0.1) is 11.3 Å². The van der Waals surface area contributed by atoms with Gasteiger partial charge in [0.25, 0.3) is 5.91 Å². The lowest BCUT2D eigenvalue weighted by molar-refractivity contribution is -0.137. The van der Waals surface area contributed by atoms with Gasteiger partial charge in [0.1, 0.15) is 15.7 Å². The molecule has 2 aromatic heterocycles. The third-order valence-corrected chi connectivity index (χ3v) is 5.17. The lowest BCUT2D eigenvalue weighted by Gasteiger charge is -2.12. The summed E-state index contributed by atoms with van der Waals surface area (Å²) in [6.07, 6.45) is -2.75. The van der Waals surface area contributed by atoms with Gasteiger partial charge in [0.2, 0.25) is 0 Å². The molecule has 3 rings (SSSR count). The Morgan fingerprint density at radius 2 is 1.79 bits per heavy atom. The van der Waals surface area contributed by atoms with E-state index >= 15 is 0 Å². The second-order valence-corrected chi connectivity index (χ2v) is 7.26. The Morgan fingerprint density at radius 3 is 2.32 bits per heavy atom. The zero-order valence-corrected chi connectivity index (χ0v) is 16.1. The molecule has 0 atom stereocenters. The number of benzene rings is 1. The molecule has 2 heterocycles. The molecule has 3 aromatic rings. The summed E-state index contributed by atoms with van der Waals surface area (Å²) < 4.78 is 38.1. The maximum atomic E-state index is 12.7. The molecule has 0 saturated carbocycles. The Labute approximate surface area is 163 Å². The van der Waals surface area contributed by atoms with Crippen LogP contribution in [0.15, 0.2) is 42.6 Å². The summed E-state index contributed by atoms with van der Waals surface area (Å²) in [4.78, 5) is 23.3. The van der Waals surface area contributed by atoms with Crippen LogP contribution in [0.25, 0.3) is 10.6 Å². The van der Waals surface area contributed by atoms with Gasteiger partial charge in [-0.05, 0) is 31.2 Å². The molecule has 1 amide bonds. The van der Waals surface area contributed by atoms with Crippen LogP contribution in [0.2, 0.25) is 0 Å². The molecule has 1 aromatic carbocycles. The van der Waals surface area contributed by atoms with Crippen LogP contribution in [0.3, 0.4) is 0 Å². The van der Waals surface area contributed by atoms with Crippen LogP contribution in [-0.4, -0.2) is 30.0 Å². The Hall–Kier alpha value is -2.94. The number of aryl methyl sites for hydroxylation is 1. The smallest absolute Gasteiger partial charge is 0.376 e. The zero-order valence-electron chi connectivity index (χ0n) is 15.3. The van der Waals surface area contributed by atoms with E-state index in [1.54, 1.807) is 19.2 Å². The van der Waals surface area contributed by atoms with Gasteiger partial charge in [0.05, 0.1) is 23.1 Å². The van der Waals surface area contributed by atoms with Crippen LogP contribution < -0.4 is 10.2 Å². The predicted molar refractivity (Wildman–Crippen MR) is 104 cm³/mol. The van der Waals surface area contributed by atoms with E-state index in [1.165, 1.54) is 12.1 Å². The summed E-state index contributed by atoms with van der Waals surface area (Å²) in [6.45, 7) is 1.68. The van der Waals surface area contributed by atoms with E-state index in [1.807, 2.05) is 25.1 Å². The van der Waals surface area contributed by atoms with Crippen molar-refractivity contribution in [3.63, 3.8) is 0 Å². The van der Waals surface area contributed by atoms with Crippen LogP contribution in [0, 0.1) is 6.92 Å². The fourth-order valence-electron chi connectivity index (χ4n) is 2.43. The third-order valence-electron chi connectivity index (χ3n) is 3.97. The standard InChI is InChI=1S/C19H17F3N4OS/c1-11-16(17(27)25-15-9-8-14(10-23-15)26(2)3)28-18(24-11)12-4-6-13(7-5-12)19(20,21)22/h4-10H,1-3H3,(H,23,25,27). The summed E-state index contributed by atoms with van der Waals surface area (Å²) in [5.74, 6) is 0.0396. The lowest BCUT2D eigenvalue weighted by atomic mass is 10.1. The van der Waals surface area contributed by atoms with E-state index in [9.17, 15) is 18.0 Å². The third kappa shape index (κ3) is 4.30. The van der Waals surface area contributed by atoms with Crippen molar-refractivity contribution in [1.29, 1.82) is 0 Å². The summed E-state index contributed by atoms with van der Waals surface area (Å²) in [6, 6.07) is 8.23. The fraction of sp³-hybridized carbons (Fsp3) is 0.211. The number of hydrogen-bond acceptors (Lipinski definition) is 5. The monoisotopic (exact) mass is 406 g/mol.